The Bertz CT molecular complexity index is 192. The Morgan fingerprint density at radius 3 is 1.94 bits per heavy atom. The molecule has 1 N–H and O–H groups in total. The first-order valence-electron chi connectivity index (χ1n) is 6.22. The van der Waals surface area contributed by atoms with Gasteiger partial charge in [0.1, 0.15) is 6.61 Å². The number of ether oxygens (including phenoxy) is 1. The van der Waals surface area contributed by atoms with Gasteiger partial charge in [-0.25, -0.2) is 0 Å². The van der Waals surface area contributed by atoms with Crippen LogP contribution in [0.15, 0.2) is 0 Å². The monoisotopic (exact) mass is 229 g/mol. The maximum Gasteiger partial charge on any atom is 0.246 e. The molecular weight excluding hydrogens is 202 g/mol. The average Bonchev–Trinajstić information content (AvgIpc) is 2.13. The predicted octanol–water partition coefficient (Wildman–Crippen LogP) is 2.46. The molecule has 0 aromatic rings. The molecule has 0 saturated heterocycles. The van der Waals surface area contributed by atoms with Gasteiger partial charge in [-0.3, -0.25) is 4.79 Å². The summed E-state index contributed by atoms with van der Waals surface area (Å²) < 4.78 is 5.24. The molecule has 3 heteroatoms. The van der Waals surface area contributed by atoms with Crippen molar-refractivity contribution in [3.8, 4) is 0 Å². The third kappa shape index (κ3) is 6.83. The highest BCUT2D eigenvalue weighted by molar-refractivity contribution is 5.77. The fraction of sp³-hybridized carbons (Fsp3) is 0.923. The van der Waals surface area contributed by atoms with Gasteiger partial charge in [0.2, 0.25) is 5.91 Å². The molecule has 96 valence electrons. The van der Waals surface area contributed by atoms with Gasteiger partial charge in [0.15, 0.2) is 0 Å². The lowest BCUT2D eigenvalue weighted by Gasteiger charge is -2.25. The van der Waals surface area contributed by atoms with E-state index in [0.29, 0.717) is 17.8 Å². The molecule has 0 unspecified atom stereocenters. The van der Waals surface area contributed by atoms with Crippen molar-refractivity contribution in [2.75, 3.05) is 13.2 Å². The van der Waals surface area contributed by atoms with Crippen LogP contribution in [0.5, 0.6) is 0 Å². The van der Waals surface area contributed by atoms with Crippen LogP contribution in [0.3, 0.4) is 0 Å². The third-order valence-electron chi connectivity index (χ3n) is 2.80. The Balaban J connectivity index is 3.88. The lowest BCUT2D eigenvalue weighted by molar-refractivity contribution is -0.127. The van der Waals surface area contributed by atoms with E-state index in [1.165, 1.54) is 0 Å². The van der Waals surface area contributed by atoms with Gasteiger partial charge in [0.05, 0.1) is 6.10 Å². The summed E-state index contributed by atoms with van der Waals surface area (Å²) in [4.78, 5) is 11.5. The van der Waals surface area contributed by atoms with E-state index in [0.717, 1.165) is 6.54 Å². The molecule has 0 aliphatic heterocycles. The van der Waals surface area contributed by atoms with E-state index in [2.05, 4.69) is 33.0 Å². The van der Waals surface area contributed by atoms with Crippen LogP contribution in [-0.2, 0) is 9.53 Å². The number of rotatable bonds is 7. The molecule has 0 aromatic carbocycles. The standard InChI is InChI=1S/C13H27NO2/c1-9(2)12(10(3)4)7-14-13(15)8-16-11(5)6/h9-12H,7-8H2,1-6H3,(H,14,15). The highest BCUT2D eigenvalue weighted by Crippen LogP contribution is 2.19. The number of amides is 1. The minimum absolute atomic E-state index is 0.0139. The SMILES string of the molecule is CC(C)OCC(=O)NCC(C(C)C)C(C)C. The Hall–Kier alpha value is -0.570. The fourth-order valence-electron chi connectivity index (χ4n) is 1.77. The van der Waals surface area contributed by atoms with Crippen molar-refractivity contribution >= 4 is 5.91 Å². The van der Waals surface area contributed by atoms with Crippen LogP contribution < -0.4 is 5.32 Å². The molecule has 0 bridgehead atoms. The van der Waals surface area contributed by atoms with E-state index in [1.807, 2.05) is 13.8 Å². The van der Waals surface area contributed by atoms with E-state index < -0.39 is 0 Å². The summed E-state index contributed by atoms with van der Waals surface area (Å²) in [7, 11) is 0. The number of hydrogen-bond donors (Lipinski definition) is 1. The van der Waals surface area contributed by atoms with Gasteiger partial charge in [0, 0.05) is 6.54 Å². The van der Waals surface area contributed by atoms with Crippen LogP contribution >= 0.6 is 0 Å². The summed E-state index contributed by atoms with van der Waals surface area (Å²) in [6.45, 7) is 13.6. The van der Waals surface area contributed by atoms with Gasteiger partial charge in [-0.05, 0) is 31.6 Å². The Morgan fingerprint density at radius 2 is 1.56 bits per heavy atom. The number of carbonyl (C=O) groups excluding carboxylic acids is 1. The minimum atomic E-state index is -0.0139. The zero-order valence-corrected chi connectivity index (χ0v) is 11.5. The van der Waals surface area contributed by atoms with Crippen molar-refractivity contribution in [1.82, 2.24) is 5.32 Å². The van der Waals surface area contributed by atoms with E-state index in [9.17, 15) is 4.79 Å². The van der Waals surface area contributed by atoms with Crippen molar-refractivity contribution < 1.29 is 9.53 Å². The molecule has 0 fully saturated rings. The molecule has 16 heavy (non-hydrogen) atoms. The van der Waals surface area contributed by atoms with E-state index in [1.54, 1.807) is 0 Å². The maximum absolute atomic E-state index is 11.5. The Kier molecular flexibility index (Phi) is 7.39. The maximum atomic E-state index is 11.5. The summed E-state index contributed by atoms with van der Waals surface area (Å²) in [5, 5.41) is 2.94. The van der Waals surface area contributed by atoms with Crippen molar-refractivity contribution in [3.05, 3.63) is 0 Å². The van der Waals surface area contributed by atoms with Gasteiger partial charge < -0.3 is 10.1 Å². The van der Waals surface area contributed by atoms with Gasteiger partial charge in [0.25, 0.3) is 0 Å². The summed E-state index contributed by atoms with van der Waals surface area (Å²) in [6, 6.07) is 0. The first-order valence-corrected chi connectivity index (χ1v) is 6.22. The van der Waals surface area contributed by atoms with Crippen LogP contribution in [-0.4, -0.2) is 25.2 Å². The number of hydrogen-bond acceptors (Lipinski definition) is 2. The number of carbonyl (C=O) groups is 1. The summed E-state index contributed by atoms with van der Waals surface area (Å²) in [5.41, 5.74) is 0. The van der Waals surface area contributed by atoms with Gasteiger partial charge in [-0.15, -0.1) is 0 Å². The van der Waals surface area contributed by atoms with Crippen LogP contribution in [0.1, 0.15) is 41.5 Å². The van der Waals surface area contributed by atoms with Crippen molar-refractivity contribution in [1.29, 1.82) is 0 Å². The topological polar surface area (TPSA) is 38.3 Å². The minimum Gasteiger partial charge on any atom is -0.369 e. The zero-order valence-electron chi connectivity index (χ0n) is 11.5. The highest BCUT2D eigenvalue weighted by atomic mass is 16.5. The lowest BCUT2D eigenvalue weighted by atomic mass is 9.85. The van der Waals surface area contributed by atoms with Crippen molar-refractivity contribution in [2.45, 2.75) is 47.6 Å². The normalized spacial score (nSPS) is 11.9. The second-order valence-corrected chi connectivity index (χ2v) is 5.32. The molecule has 3 nitrogen and oxygen atoms in total. The molecular formula is C13H27NO2. The lowest BCUT2D eigenvalue weighted by Crippen LogP contribution is -2.36. The van der Waals surface area contributed by atoms with Crippen LogP contribution in [0, 0.1) is 17.8 Å². The summed E-state index contributed by atoms with van der Waals surface area (Å²) in [6.07, 6.45) is 0.108. The second kappa shape index (κ2) is 7.66. The quantitative estimate of drug-likeness (QED) is 0.728. The van der Waals surface area contributed by atoms with Gasteiger partial charge >= 0.3 is 0 Å². The van der Waals surface area contributed by atoms with Crippen LogP contribution in [0.4, 0.5) is 0 Å². The largest absolute Gasteiger partial charge is 0.369 e. The molecule has 1 amide bonds. The molecule has 0 atom stereocenters. The Morgan fingerprint density at radius 1 is 1.06 bits per heavy atom. The van der Waals surface area contributed by atoms with E-state index >= 15 is 0 Å². The molecule has 0 spiro atoms. The molecule has 0 radical (unpaired) electrons. The predicted molar refractivity (Wildman–Crippen MR) is 67.3 cm³/mol. The molecule has 0 aliphatic carbocycles. The van der Waals surface area contributed by atoms with E-state index in [-0.39, 0.29) is 18.6 Å². The van der Waals surface area contributed by atoms with E-state index in [4.69, 9.17) is 4.74 Å². The second-order valence-electron chi connectivity index (χ2n) is 5.32. The van der Waals surface area contributed by atoms with Gasteiger partial charge in [-0.2, -0.15) is 0 Å². The Labute approximate surface area is 99.9 Å². The molecule has 0 rings (SSSR count). The first kappa shape index (κ1) is 15.4. The van der Waals surface area contributed by atoms with Crippen molar-refractivity contribution in [2.24, 2.45) is 17.8 Å². The molecule has 0 heterocycles. The van der Waals surface area contributed by atoms with Crippen LogP contribution in [0.2, 0.25) is 0 Å². The first-order chi connectivity index (χ1) is 7.34. The van der Waals surface area contributed by atoms with Gasteiger partial charge in [-0.1, -0.05) is 27.7 Å². The highest BCUT2D eigenvalue weighted by Gasteiger charge is 2.18. The zero-order chi connectivity index (χ0) is 12.7. The molecule has 0 saturated carbocycles. The molecule has 0 aromatic heterocycles. The average molecular weight is 229 g/mol. The fourth-order valence-corrected chi connectivity index (χ4v) is 1.77. The summed E-state index contributed by atoms with van der Waals surface area (Å²) in [5.74, 6) is 1.70. The van der Waals surface area contributed by atoms with Crippen molar-refractivity contribution in [3.63, 3.8) is 0 Å². The van der Waals surface area contributed by atoms with Crippen LogP contribution in [0.25, 0.3) is 0 Å². The summed E-state index contributed by atoms with van der Waals surface area (Å²) >= 11 is 0. The smallest absolute Gasteiger partial charge is 0.246 e. The third-order valence-corrected chi connectivity index (χ3v) is 2.80. The molecule has 0 aliphatic rings. The number of nitrogens with one attached hydrogen (secondary N) is 1.